The third-order valence-corrected chi connectivity index (χ3v) is 3.59. The lowest BCUT2D eigenvalue weighted by Gasteiger charge is -2.25. The lowest BCUT2D eigenvalue weighted by atomic mass is 10.3. The van der Waals surface area contributed by atoms with Crippen molar-refractivity contribution in [2.45, 2.75) is 34.1 Å². The largest absolute Gasteiger partial charge is 0.476 e. The normalized spacial score (nSPS) is 10.9. The van der Waals surface area contributed by atoms with Gasteiger partial charge in [-0.15, -0.1) is 0 Å². The van der Waals surface area contributed by atoms with Crippen LogP contribution >= 0.6 is 0 Å². The molecule has 0 spiro atoms. The third kappa shape index (κ3) is 5.04. The Labute approximate surface area is 128 Å². The molecular weight excluding hydrogens is 266 g/mol. The maximum Gasteiger partial charge on any atom is 0.242 e. The van der Waals surface area contributed by atoms with Crippen molar-refractivity contribution in [2.24, 2.45) is 0 Å². The van der Waals surface area contributed by atoms with Crippen molar-refractivity contribution in [1.82, 2.24) is 14.9 Å². The van der Waals surface area contributed by atoms with Crippen LogP contribution in [0.15, 0.2) is 6.33 Å². The van der Waals surface area contributed by atoms with E-state index in [0.717, 1.165) is 45.0 Å². The number of rotatable bonds is 10. The Balaban J connectivity index is 2.69. The zero-order valence-electron chi connectivity index (χ0n) is 13.8. The SMILES string of the molecule is CCOc1ncnc(N(CC)CCCN(CC)CC)c1N. The van der Waals surface area contributed by atoms with Crippen LogP contribution in [0.1, 0.15) is 34.1 Å². The summed E-state index contributed by atoms with van der Waals surface area (Å²) in [6, 6.07) is 0. The van der Waals surface area contributed by atoms with Crippen LogP contribution in [0.4, 0.5) is 11.5 Å². The second kappa shape index (κ2) is 9.39. The van der Waals surface area contributed by atoms with Crippen LogP contribution in [0.25, 0.3) is 0 Å². The molecule has 0 aromatic carbocycles. The maximum absolute atomic E-state index is 6.13. The predicted molar refractivity (Wildman–Crippen MR) is 87.9 cm³/mol. The van der Waals surface area contributed by atoms with E-state index in [1.54, 1.807) is 0 Å². The molecule has 120 valence electrons. The van der Waals surface area contributed by atoms with Crippen LogP contribution in [-0.2, 0) is 0 Å². The Morgan fingerprint density at radius 1 is 1.05 bits per heavy atom. The summed E-state index contributed by atoms with van der Waals surface area (Å²) in [4.78, 5) is 13.0. The molecule has 0 atom stereocenters. The molecule has 0 unspecified atom stereocenters. The first-order chi connectivity index (χ1) is 10.2. The maximum atomic E-state index is 6.13. The van der Waals surface area contributed by atoms with Crippen LogP contribution in [0.3, 0.4) is 0 Å². The molecule has 0 amide bonds. The molecule has 0 saturated carbocycles. The van der Waals surface area contributed by atoms with Gasteiger partial charge < -0.3 is 20.3 Å². The summed E-state index contributed by atoms with van der Waals surface area (Å²) >= 11 is 0. The highest BCUT2D eigenvalue weighted by Crippen LogP contribution is 2.27. The van der Waals surface area contributed by atoms with Gasteiger partial charge in [0.15, 0.2) is 5.82 Å². The Kier molecular flexibility index (Phi) is 7.82. The Morgan fingerprint density at radius 3 is 2.33 bits per heavy atom. The Bertz CT molecular complexity index is 409. The van der Waals surface area contributed by atoms with Gasteiger partial charge in [0, 0.05) is 13.1 Å². The zero-order chi connectivity index (χ0) is 15.7. The van der Waals surface area contributed by atoms with Gasteiger partial charge in [-0.05, 0) is 39.9 Å². The number of nitrogen functional groups attached to an aromatic ring is 1. The first-order valence-corrected chi connectivity index (χ1v) is 7.88. The number of aromatic nitrogens is 2. The fourth-order valence-corrected chi connectivity index (χ4v) is 2.31. The molecule has 0 radical (unpaired) electrons. The fraction of sp³-hybridized carbons (Fsp3) is 0.733. The molecule has 1 rings (SSSR count). The van der Waals surface area contributed by atoms with E-state index in [1.807, 2.05) is 6.92 Å². The summed E-state index contributed by atoms with van der Waals surface area (Å²) in [5, 5.41) is 0. The first-order valence-electron chi connectivity index (χ1n) is 7.88. The molecule has 21 heavy (non-hydrogen) atoms. The first kappa shape index (κ1) is 17.5. The summed E-state index contributed by atoms with van der Waals surface area (Å²) in [6.07, 6.45) is 2.60. The van der Waals surface area contributed by atoms with Gasteiger partial charge in [-0.2, -0.15) is 4.98 Å². The molecule has 0 aliphatic heterocycles. The van der Waals surface area contributed by atoms with Crippen LogP contribution in [0.5, 0.6) is 5.88 Å². The van der Waals surface area contributed by atoms with E-state index in [-0.39, 0.29) is 0 Å². The van der Waals surface area contributed by atoms with Crippen LogP contribution < -0.4 is 15.4 Å². The third-order valence-electron chi connectivity index (χ3n) is 3.59. The highest BCUT2D eigenvalue weighted by Gasteiger charge is 2.14. The van der Waals surface area contributed by atoms with Crippen molar-refractivity contribution < 1.29 is 4.74 Å². The molecule has 0 saturated heterocycles. The lowest BCUT2D eigenvalue weighted by Crippen LogP contribution is -2.31. The lowest BCUT2D eigenvalue weighted by molar-refractivity contribution is 0.300. The molecule has 0 bridgehead atoms. The van der Waals surface area contributed by atoms with Gasteiger partial charge in [0.25, 0.3) is 0 Å². The van der Waals surface area contributed by atoms with Crippen molar-refractivity contribution in [2.75, 3.05) is 50.0 Å². The number of anilines is 2. The van der Waals surface area contributed by atoms with Gasteiger partial charge in [-0.25, -0.2) is 4.98 Å². The van der Waals surface area contributed by atoms with Gasteiger partial charge in [0.1, 0.15) is 12.0 Å². The number of ether oxygens (including phenoxy) is 1. The average molecular weight is 295 g/mol. The smallest absolute Gasteiger partial charge is 0.242 e. The number of hydrogen-bond acceptors (Lipinski definition) is 6. The Hall–Kier alpha value is -1.56. The quantitative estimate of drug-likeness (QED) is 0.712. The predicted octanol–water partition coefficient (Wildman–Crippen LogP) is 2.02. The minimum absolute atomic E-state index is 0.477. The molecule has 0 fully saturated rings. The van der Waals surface area contributed by atoms with E-state index < -0.39 is 0 Å². The fourth-order valence-electron chi connectivity index (χ4n) is 2.31. The zero-order valence-corrected chi connectivity index (χ0v) is 13.8. The van der Waals surface area contributed by atoms with E-state index in [2.05, 4.69) is 40.5 Å². The van der Waals surface area contributed by atoms with Gasteiger partial charge in [0.05, 0.1) is 6.61 Å². The van der Waals surface area contributed by atoms with Crippen molar-refractivity contribution >= 4 is 11.5 Å². The van der Waals surface area contributed by atoms with E-state index in [1.165, 1.54) is 6.33 Å². The standard InChI is InChI=1S/C15H29N5O/c1-5-19(6-2)10-9-11-20(7-3)14-13(16)15(21-8-4)18-12-17-14/h12H,5-11,16H2,1-4H3. The molecule has 1 aromatic heterocycles. The van der Waals surface area contributed by atoms with Crippen LogP contribution in [0.2, 0.25) is 0 Å². The van der Waals surface area contributed by atoms with Crippen molar-refractivity contribution in [3.05, 3.63) is 6.33 Å². The molecule has 1 aromatic rings. The van der Waals surface area contributed by atoms with Crippen LogP contribution in [0, 0.1) is 0 Å². The second-order valence-electron chi connectivity index (χ2n) is 4.81. The molecule has 0 aliphatic carbocycles. The monoisotopic (exact) mass is 295 g/mol. The number of nitrogens with two attached hydrogens (primary N) is 1. The molecule has 6 nitrogen and oxygen atoms in total. The van der Waals surface area contributed by atoms with E-state index in [4.69, 9.17) is 10.5 Å². The Morgan fingerprint density at radius 2 is 1.76 bits per heavy atom. The summed E-state index contributed by atoms with van der Waals surface area (Å²) in [5.74, 6) is 1.25. The van der Waals surface area contributed by atoms with Gasteiger partial charge in [-0.1, -0.05) is 13.8 Å². The summed E-state index contributed by atoms with van der Waals surface area (Å²) in [7, 11) is 0. The van der Waals surface area contributed by atoms with E-state index >= 15 is 0 Å². The van der Waals surface area contributed by atoms with E-state index in [0.29, 0.717) is 18.2 Å². The topological polar surface area (TPSA) is 67.5 Å². The molecule has 2 N–H and O–H groups in total. The minimum Gasteiger partial charge on any atom is -0.476 e. The molecule has 6 heteroatoms. The minimum atomic E-state index is 0.477. The van der Waals surface area contributed by atoms with Gasteiger partial charge in [-0.3, -0.25) is 0 Å². The highest BCUT2D eigenvalue weighted by atomic mass is 16.5. The van der Waals surface area contributed by atoms with Crippen LogP contribution in [-0.4, -0.2) is 54.2 Å². The summed E-state index contributed by atoms with van der Waals surface area (Å²) in [5.41, 5.74) is 6.66. The van der Waals surface area contributed by atoms with Crippen molar-refractivity contribution in [3.8, 4) is 5.88 Å². The number of nitrogens with zero attached hydrogens (tertiary/aromatic N) is 4. The number of hydrogen-bond donors (Lipinski definition) is 1. The van der Waals surface area contributed by atoms with Gasteiger partial charge >= 0.3 is 0 Å². The second-order valence-corrected chi connectivity index (χ2v) is 4.81. The van der Waals surface area contributed by atoms with Crippen molar-refractivity contribution in [1.29, 1.82) is 0 Å². The average Bonchev–Trinajstić information content (AvgIpc) is 2.51. The van der Waals surface area contributed by atoms with Crippen molar-refractivity contribution in [3.63, 3.8) is 0 Å². The highest BCUT2D eigenvalue weighted by molar-refractivity contribution is 5.67. The summed E-state index contributed by atoms with van der Waals surface area (Å²) in [6.45, 7) is 14.0. The molecular formula is C15H29N5O. The molecule has 0 aliphatic rings. The van der Waals surface area contributed by atoms with Gasteiger partial charge in [0.2, 0.25) is 5.88 Å². The summed E-state index contributed by atoms with van der Waals surface area (Å²) < 4.78 is 5.44. The molecule has 1 heterocycles. The van der Waals surface area contributed by atoms with E-state index in [9.17, 15) is 0 Å².